The molecule has 0 N–H and O–H groups in total. The molecule has 2 atom stereocenters. The summed E-state index contributed by atoms with van der Waals surface area (Å²) in [5, 5.41) is 13.1. The molecule has 34 heavy (non-hydrogen) atoms. The molecule has 2 aliphatic rings. The lowest BCUT2D eigenvalue weighted by Gasteiger charge is -2.16. The van der Waals surface area contributed by atoms with Crippen LogP contribution in [0.15, 0.2) is 46.6 Å². The minimum Gasteiger partial charge on any atom is -0.271 e. The van der Waals surface area contributed by atoms with E-state index in [2.05, 4.69) is 42.1 Å². The van der Waals surface area contributed by atoms with E-state index in [4.69, 9.17) is 46.4 Å². The smallest absolute Gasteiger partial charge is 0.265 e. The number of hydrogen-bond donors (Lipinski definition) is 0. The topological polar surface area (TPSA) is 65.3 Å². The van der Waals surface area contributed by atoms with E-state index >= 15 is 0 Å². The van der Waals surface area contributed by atoms with Gasteiger partial charge in [-0.1, -0.05) is 90.4 Å². The van der Waals surface area contributed by atoms with Crippen LogP contribution in [0.1, 0.15) is 25.0 Å². The Morgan fingerprint density at radius 1 is 0.706 bits per heavy atom. The summed E-state index contributed by atoms with van der Waals surface area (Å²) in [6, 6.07) is 10.2. The minimum absolute atomic E-state index is 0.126. The maximum Gasteiger partial charge on any atom is 0.265 e. The molecule has 0 aliphatic carbocycles. The number of carbonyl (C=O) groups excluding carboxylic acids is 2. The third kappa shape index (κ3) is 5.18. The second-order valence-electron chi connectivity index (χ2n) is 7.81. The van der Waals surface area contributed by atoms with Crippen LogP contribution >= 0.6 is 78.3 Å². The lowest BCUT2D eigenvalue weighted by Crippen LogP contribution is -2.37. The van der Waals surface area contributed by atoms with Crippen LogP contribution in [-0.4, -0.2) is 56.0 Å². The lowest BCUT2D eigenvalue weighted by atomic mass is 9.98. The molecule has 2 amide bonds. The van der Waals surface area contributed by atoms with Crippen LogP contribution < -0.4 is 0 Å². The van der Waals surface area contributed by atoms with Crippen molar-refractivity contribution in [3.8, 4) is 0 Å². The Morgan fingerprint density at radius 3 is 1.26 bits per heavy atom. The Balaban J connectivity index is 0.000000191. The van der Waals surface area contributed by atoms with E-state index in [9.17, 15) is 9.59 Å². The zero-order valence-electron chi connectivity index (χ0n) is 18.3. The predicted molar refractivity (Wildman–Crippen MR) is 146 cm³/mol. The van der Waals surface area contributed by atoms with E-state index in [1.807, 2.05) is 0 Å². The number of rotatable bonds is 2. The van der Waals surface area contributed by atoms with Crippen molar-refractivity contribution >= 4 is 102 Å². The monoisotopic (exact) mass is 668 g/mol. The molecular weight excluding hydrogens is 654 g/mol. The van der Waals surface area contributed by atoms with Crippen LogP contribution in [-0.2, 0) is 9.59 Å². The van der Waals surface area contributed by atoms with Crippen LogP contribution in [0.5, 0.6) is 0 Å². The quantitative estimate of drug-likeness (QED) is 0.336. The van der Waals surface area contributed by atoms with Gasteiger partial charge in [0.2, 0.25) is 0 Å². The Morgan fingerprint density at radius 2 is 1.03 bits per heavy atom. The molecule has 0 radical (unpaired) electrons. The fourth-order valence-corrected chi connectivity index (χ4v) is 5.46. The van der Waals surface area contributed by atoms with Gasteiger partial charge in [0, 0.05) is 35.3 Å². The zero-order valence-corrected chi connectivity index (χ0v) is 24.5. The highest BCUT2D eigenvalue weighted by molar-refractivity contribution is 9.10. The molecule has 4 rings (SSSR count). The van der Waals surface area contributed by atoms with Crippen LogP contribution in [0.2, 0.25) is 20.1 Å². The van der Waals surface area contributed by atoms with Gasteiger partial charge in [-0.2, -0.15) is 10.2 Å². The van der Waals surface area contributed by atoms with Gasteiger partial charge in [-0.3, -0.25) is 9.59 Å². The van der Waals surface area contributed by atoms with Gasteiger partial charge in [0.05, 0.1) is 21.5 Å². The number of amides is 2. The van der Waals surface area contributed by atoms with Gasteiger partial charge in [-0.15, -0.1) is 0 Å². The molecule has 0 spiro atoms. The van der Waals surface area contributed by atoms with Gasteiger partial charge in [0.15, 0.2) is 0 Å². The number of carbonyl (C=O) groups is 2. The summed E-state index contributed by atoms with van der Waals surface area (Å²) < 4.78 is -1.70. The summed E-state index contributed by atoms with van der Waals surface area (Å²) in [5.41, 5.74) is 2.58. The number of alkyl halides is 2. The van der Waals surface area contributed by atoms with Crippen LogP contribution in [0.4, 0.5) is 0 Å². The fraction of sp³-hybridized carbons (Fsp3) is 0.273. The van der Waals surface area contributed by atoms with Gasteiger partial charge in [0.1, 0.15) is 8.65 Å². The fourth-order valence-electron chi connectivity index (χ4n) is 3.37. The summed E-state index contributed by atoms with van der Waals surface area (Å²) in [5.74, 6) is -0.253. The molecule has 12 heteroatoms. The third-order valence-electron chi connectivity index (χ3n) is 5.15. The normalized spacial score (nSPS) is 24.2. The minimum atomic E-state index is -0.848. The first-order valence-electron chi connectivity index (χ1n) is 9.71. The molecule has 2 aliphatic heterocycles. The molecule has 6 nitrogen and oxygen atoms in total. The van der Waals surface area contributed by atoms with Gasteiger partial charge in [-0.25, -0.2) is 10.0 Å². The Bertz CT molecular complexity index is 1150. The standard InChI is InChI=1S/2C11H9BrCl2N2O/c2*1-11(12)9(15-16(2)10(11)17)7-4-3-6(13)5-8(7)14/h2*3-5H,1-2H3. The van der Waals surface area contributed by atoms with Crippen molar-refractivity contribution < 1.29 is 9.59 Å². The first-order chi connectivity index (χ1) is 15.7. The molecular formula is C22H18Br2Cl4N4O2. The SMILES string of the molecule is CN1N=C(c2ccc(Cl)cc2Cl)C(C)(Br)C1=O.CN1N=C(c2ccc(Cl)cc2Cl)C(C)(Br)C1=O. The van der Waals surface area contributed by atoms with E-state index in [1.165, 1.54) is 10.0 Å². The lowest BCUT2D eigenvalue weighted by molar-refractivity contribution is -0.129. The maximum atomic E-state index is 11.9. The van der Waals surface area contributed by atoms with Crippen molar-refractivity contribution in [1.29, 1.82) is 0 Å². The Kier molecular flexibility index (Phi) is 8.12. The number of hydrogen-bond acceptors (Lipinski definition) is 4. The highest BCUT2D eigenvalue weighted by Crippen LogP contribution is 2.36. The molecule has 2 aromatic rings. The van der Waals surface area contributed by atoms with Crippen molar-refractivity contribution in [3.63, 3.8) is 0 Å². The predicted octanol–water partition coefficient (Wildman–Crippen LogP) is 6.65. The number of hydrazone groups is 2. The number of nitrogens with zero attached hydrogens (tertiary/aromatic N) is 4. The summed E-state index contributed by atoms with van der Waals surface area (Å²) in [4.78, 5) is 23.8. The summed E-state index contributed by atoms with van der Waals surface area (Å²) in [7, 11) is 3.22. The van der Waals surface area contributed by atoms with E-state index in [0.29, 0.717) is 42.6 Å². The van der Waals surface area contributed by atoms with Crippen molar-refractivity contribution in [1.82, 2.24) is 10.0 Å². The molecule has 2 heterocycles. The molecule has 0 fully saturated rings. The first kappa shape index (κ1) is 27.4. The molecule has 0 aromatic heterocycles. The third-order valence-corrected chi connectivity index (χ3v) is 7.68. The number of benzene rings is 2. The second kappa shape index (κ2) is 10.1. The summed E-state index contributed by atoms with van der Waals surface area (Å²) in [6.07, 6.45) is 0. The van der Waals surface area contributed by atoms with Crippen molar-refractivity contribution in [2.24, 2.45) is 10.2 Å². The highest BCUT2D eigenvalue weighted by atomic mass is 79.9. The average molecular weight is 672 g/mol. The molecule has 2 aromatic carbocycles. The number of halogens is 6. The average Bonchev–Trinajstić information content (AvgIpc) is 3.07. The molecule has 0 bridgehead atoms. The van der Waals surface area contributed by atoms with E-state index in [-0.39, 0.29) is 11.8 Å². The molecule has 0 saturated carbocycles. The largest absolute Gasteiger partial charge is 0.271 e. The summed E-state index contributed by atoms with van der Waals surface area (Å²) in [6.45, 7) is 3.51. The van der Waals surface area contributed by atoms with Crippen LogP contribution in [0, 0.1) is 0 Å². The first-order valence-corrected chi connectivity index (χ1v) is 12.8. The van der Waals surface area contributed by atoms with Gasteiger partial charge < -0.3 is 0 Å². The molecule has 2 unspecified atom stereocenters. The Hall–Kier alpha value is -1.16. The van der Waals surface area contributed by atoms with Crippen molar-refractivity contribution in [2.75, 3.05) is 14.1 Å². The van der Waals surface area contributed by atoms with E-state index in [1.54, 1.807) is 64.3 Å². The highest BCUT2D eigenvalue weighted by Gasteiger charge is 2.46. The van der Waals surface area contributed by atoms with E-state index < -0.39 is 8.65 Å². The van der Waals surface area contributed by atoms with Crippen LogP contribution in [0.3, 0.4) is 0 Å². The van der Waals surface area contributed by atoms with Crippen LogP contribution in [0.25, 0.3) is 0 Å². The maximum absolute atomic E-state index is 11.9. The molecule has 180 valence electrons. The van der Waals surface area contributed by atoms with E-state index in [0.717, 1.165) is 0 Å². The second-order valence-corrected chi connectivity index (χ2v) is 12.7. The van der Waals surface area contributed by atoms with Gasteiger partial charge in [0.25, 0.3) is 11.8 Å². The Labute approximate surface area is 234 Å². The van der Waals surface area contributed by atoms with Crippen molar-refractivity contribution in [3.05, 3.63) is 67.6 Å². The van der Waals surface area contributed by atoms with Gasteiger partial charge >= 0.3 is 0 Å². The van der Waals surface area contributed by atoms with Gasteiger partial charge in [-0.05, 0) is 38.1 Å². The zero-order chi connectivity index (χ0) is 25.6. The summed E-state index contributed by atoms with van der Waals surface area (Å²) >= 11 is 30.7. The van der Waals surface area contributed by atoms with Crippen molar-refractivity contribution in [2.45, 2.75) is 22.5 Å². The molecule has 0 saturated heterocycles.